The van der Waals surface area contributed by atoms with Crippen LogP contribution in [0.5, 0.6) is 0 Å². The molecule has 3 heterocycles. The second kappa shape index (κ2) is 45.5. The van der Waals surface area contributed by atoms with Crippen LogP contribution in [0.25, 0.3) is 0 Å². The van der Waals surface area contributed by atoms with Crippen LogP contribution < -0.4 is 10.6 Å². The second-order valence-corrected chi connectivity index (χ2v) is 24.3. The summed E-state index contributed by atoms with van der Waals surface area (Å²) in [6.45, 7) is 2.11. The largest absolute Gasteiger partial charge is 0.477 e. The van der Waals surface area contributed by atoms with Crippen LogP contribution in [0.1, 0.15) is 226 Å². The highest BCUT2D eigenvalue weighted by molar-refractivity contribution is 5.77. The Morgan fingerprint density at radius 2 is 1.08 bits per heavy atom. The first-order chi connectivity index (χ1) is 41.9. The van der Waals surface area contributed by atoms with Crippen molar-refractivity contribution in [3.8, 4) is 0 Å². The fraction of sp³-hybridized carbons (Fsp3) is 0.891. The van der Waals surface area contributed by atoms with E-state index >= 15 is 0 Å². The van der Waals surface area contributed by atoms with E-state index in [4.69, 9.17) is 28.4 Å². The standard InChI is InChI=1S/C64H116N2O21/c1-4-6-8-10-12-14-16-18-20-22-24-26-28-30-32-34-36-38-51(74)66-45(46(71)37-35-33-31-29-27-25-23-21-19-17-15-13-11-9-7-5-2)43-82-61-56(78)55(77)58(50(42-69)84-61)85-62-57(79)60(54(76)49(41-68)83-62)87-64(63(80)81)39-47(72)52(65-44(3)70)59(86-64)53(75)48(73)40-67/h18,20,35,37,45-50,52-62,67-69,71-73,75-79H,4-17,19,21-34,36,38-43H2,1-3H3,(H,65,70)(H,66,74)(H,80,81)/b20-18-,37-35+. The fourth-order valence-corrected chi connectivity index (χ4v) is 11.5. The highest BCUT2D eigenvalue weighted by Gasteiger charge is 2.60. The van der Waals surface area contributed by atoms with Gasteiger partial charge in [-0.05, 0) is 44.9 Å². The van der Waals surface area contributed by atoms with Crippen LogP contribution in [-0.4, -0.2) is 215 Å². The van der Waals surface area contributed by atoms with E-state index in [0.717, 1.165) is 77.6 Å². The smallest absolute Gasteiger partial charge is 0.364 e. The Bertz CT molecular complexity index is 1870. The lowest BCUT2D eigenvalue weighted by molar-refractivity contribution is -0.386. The van der Waals surface area contributed by atoms with Gasteiger partial charge in [0.1, 0.15) is 67.1 Å². The van der Waals surface area contributed by atoms with E-state index < -0.39 is 155 Å². The van der Waals surface area contributed by atoms with Crippen molar-refractivity contribution >= 4 is 17.8 Å². The molecule has 0 spiro atoms. The minimum Gasteiger partial charge on any atom is -0.477 e. The number of hydrogen-bond acceptors (Lipinski definition) is 20. The Balaban J connectivity index is 1.64. The van der Waals surface area contributed by atoms with Crippen LogP contribution in [0, 0.1) is 0 Å². The third kappa shape index (κ3) is 28.7. The predicted octanol–water partition coefficient (Wildman–Crippen LogP) is 4.89. The van der Waals surface area contributed by atoms with Crippen molar-refractivity contribution in [2.75, 3.05) is 26.4 Å². The number of carboxylic acids is 1. The Kier molecular flexibility index (Phi) is 41.0. The number of carbonyl (C=O) groups excluding carboxylic acids is 2. The summed E-state index contributed by atoms with van der Waals surface area (Å²) in [6.07, 6.45) is 13.6. The van der Waals surface area contributed by atoms with Crippen molar-refractivity contribution in [3.05, 3.63) is 24.3 Å². The molecule has 0 aliphatic carbocycles. The normalized spacial score (nSPS) is 29.3. The van der Waals surface area contributed by atoms with Crippen LogP contribution in [0.15, 0.2) is 24.3 Å². The molecule has 0 aromatic heterocycles. The van der Waals surface area contributed by atoms with E-state index in [-0.39, 0.29) is 12.3 Å². The maximum Gasteiger partial charge on any atom is 0.364 e. The Hall–Kier alpha value is -2.79. The molecular formula is C64H116N2O21. The average molecular weight is 1250 g/mol. The molecule has 3 fully saturated rings. The summed E-state index contributed by atoms with van der Waals surface area (Å²) >= 11 is 0. The Morgan fingerprint density at radius 3 is 1.56 bits per heavy atom. The zero-order chi connectivity index (χ0) is 64.0. The van der Waals surface area contributed by atoms with Crippen molar-refractivity contribution in [1.29, 1.82) is 0 Å². The maximum absolute atomic E-state index is 13.4. The summed E-state index contributed by atoms with van der Waals surface area (Å²) in [6, 6.07) is -2.62. The molecule has 18 unspecified atom stereocenters. The number of aliphatic hydroxyl groups excluding tert-OH is 11. The summed E-state index contributed by atoms with van der Waals surface area (Å²) in [5.74, 6) is -6.15. The molecule has 2 amide bonds. The van der Waals surface area contributed by atoms with Gasteiger partial charge in [-0.1, -0.05) is 186 Å². The van der Waals surface area contributed by atoms with Crippen molar-refractivity contribution in [3.63, 3.8) is 0 Å². The van der Waals surface area contributed by atoms with Gasteiger partial charge in [0.05, 0.1) is 50.7 Å². The summed E-state index contributed by atoms with van der Waals surface area (Å²) in [5.41, 5.74) is 0. The van der Waals surface area contributed by atoms with E-state index in [2.05, 4.69) is 36.6 Å². The molecule has 0 saturated carbocycles. The van der Waals surface area contributed by atoms with Crippen LogP contribution in [0.4, 0.5) is 0 Å². The van der Waals surface area contributed by atoms with Gasteiger partial charge in [0.25, 0.3) is 5.79 Å². The van der Waals surface area contributed by atoms with Gasteiger partial charge in [-0.2, -0.15) is 0 Å². The van der Waals surface area contributed by atoms with Crippen LogP contribution in [0.3, 0.4) is 0 Å². The lowest BCUT2D eigenvalue weighted by Crippen LogP contribution is -2.70. The van der Waals surface area contributed by atoms with Gasteiger partial charge in [-0.15, -0.1) is 0 Å². The summed E-state index contributed by atoms with van der Waals surface area (Å²) in [5, 5.41) is 136. The minimum atomic E-state index is -3.08. The van der Waals surface area contributed by atoms with Crippen molar-refractivity contribution in [1.82, 2.24) is 10.6 Å². The van der Waals surface area contributed by atoms with Gasteiger partial charge >= 0.3 is 5.97 Å². The number of aliphatic carboxylic acids is 1. The lowest BCUT2D eigenvalue weighted by Gasteiger charge is -2.50. The molecule has 0 aromatic carbocycles. The van der Waals surface area contributed by atoms with Crippen molar-refractivity contribution < 1.29 is 104 Å². The number of carboxylic acid groups (broad SMARTS) is 1. The number of rotatable bonds is 49. The highest BCUT2D eigenvalue weighted by Crippen LogP contribution is 2.38. The molecule has 18 atom stereocenters. The van der Waals surface area contributed by atoms with Crippen LogP contribution >= 0.6 is 0 Å². The van der Waals surface area contributed by atoms with E-state index in [9.17, 15) is 75.7 Å². The molecule has 0 aromatic rings. The van der Waals surface area contributed by atoms with Gasteiger partial charge in [-0.25, -0.2) is 4.79 Å². The number of unbranched alkanes of at least 4 members (excludes halogenated alkanes) is 27. The number of carbonyl (C=O) groups is 3. The van der Waals surface area contributed by atoms with Gasteiger partial charge in [-0.3, -0.25) is 9.59 Å². The molecule has 3 aliphatic rings. The zero-order valence-electron chi connectivity index (χ0n) is 52.6. The average Bonchev–Trinajstić information content (AvgIpc) is 1.26. The van der Waals surface area contributed by atoms with E-state index in [0.29, 0.717) is 12.8 Å². The molecule has 14 N–H and O–H groups in total. The zero-order valence-corrected chi connectivity index (χ0v) is 52.6. The molecule has 23 nitrogen and oxygen atoms in total. The molecule has 0 bridgehead atoms. The van der Waals surface area contributed by atoms with Gasteiger partial charge in [0.15, 0.2) is 12.6 Å². The van der Waals surface area contributed by atoms with E-state index in [1.807, 2.05) is 6.08 Å². The Morgan fingerprint density at radius 1 is 0.598 bits per heavy atom. The molecule has 3 aliphatic heterocycles. The summed E-state index contributed by atoms with van der Waals surface area (Å²) < 4.78 is 34.7. The molecule has 23 heteroatoms. The summed E-state index contributed by atoms with van der Waals surface area (Å²) in [7, 11) is 0. The maximum atomic E-state index is 13.4. The minimum absolute atomic E-state index is 0.196. The number of ether oxygens (including phenoxy) is 6. The number of allylic oxidation sites excluding steroid dienone is 3. The summed E-state index contributed by atoms with van der Waals surface area (Å²) in [4.78, 5) is 38.5. The molecule has 0 radical (unpaired) electrons. The monoisotopic (exact) mass is 1250 g/mol. The number of amides is 2. The van der Waals surface area contributed by atoms with Crippen molar-refractivity contribution in [2.45, 2.75) is 336 Å². The molecule has 3 rings (SSSR count). The third-order valence-corrected chi connectivity index (χ3v) is 16.9. The van der Waals surface area contributed by atoms with Crippen molar-refractivity contribution in [2.24, 2.45) is 0 Å². The predicted molar refractivity (Wildman–Crippen MR) is 324 cm³/mol. The Labute approximate surface area is 517 Å². The van der Waals surface area contributed by atoms with Crippen LogP contribution in [0.2, 0.25) is 0 Å². The number of aliphatic hydroxyl groups is 11. The SMILES string of the molecule is CCCCCCCC/C=C\CCCCCCCCCC(=O)NC(COC1OC(CO)C(OC2OC(CO)C(O)C(OC3(C(=O)O)CC(O)C(NC(C)=O)C(C(O)C(O)CO)O3)C2O)C(O)C1O)C(O)/C=C/CCCCCCCCCCCCCCCC. The number of nitrogens with one attached hydrogen (secondary N) is 2. The van der Waals surface area contributed by atoms with Gasteiger partial charge in [0, 0.05) is 19.8 Å². The topological polar surface area (TPSA) is 373 Å². The quantitative estimate of drug-likeness (QED) is 0.0285. The molecular weight excluding hydrogens is 1130 g/mol. The molecule has 508 valence electrons. The first kappa shape index (κ1) is 78.5. The third-order valence-electron chi connectivity index (χ3n) is 16.9. The lowest BCUT2D eigenvalue weighted by atomic mass is 9.88. The molecule has 87 heavy (non-hydrogen) atoms. The highest BCUT2D eigenvalue weighted by atomic mass is 16.8. The number of hydrogen-bond donors (Lipinski definition) is 14. The second-order valence-electron chi connectivity index (χ2n) is 24.3. The fourth-order valence-electron chi connectivity index (χ4n) is 11.5. The first-order valence-electron chi connectivity index (χ1n) is 33.2. The van der Waals surface area contributed by atoms with Gasteiger partial charge < -0.3 is 100 Å². The van der Waals surface area contributed by atoms with Crippen LogP contribution in [-0.2, 0) is 42.8 Å². The van der Waals surface area contributed by atoms with Gasteiger partial charge in [0.2, 0.25) is 11.8 Å². The van der Waals surface area contributed by atoms with E-state index in [1.54, 1.807) is 6.08 Å². The molecule has 3 saturated heterocycles. The first-order valence-corrected chi connectivity index (χ1v) is 33.2. The van der Waals surface area contributed by atoms with E-state index in [1.165, 1.54) is 109 Å².